The van der Waals surface area contributed by atoms with Crippen LogP contribution in [0.15, 0.2) is 12.1 Å². The Bertz CT molecular complexity index is 755. The fourth-order valence-corrected chi connectivity index (χ4v) is 4.19. The molecule has 1 heterocycles. The molecule has 0 atom stereocenters. The van der Waals surface area contributed by atoms with Crippen LogP contribution < -0.4 is 13.8 Å². The third-order valence-electron chi connectivity index (χ3n) is 4.76. The van der Waals surface area contributed by atoms with Crippen LogP contribution in [0, 0.1) is 5.92 Å². The first-order chi connectivity index (χ1) is 12.2. The van der Waals surface area contributed by atoms with E-state index in [2.05, 4.69) is 6.92 Å². The van der Waals surface area contributed by atoms with E-state index in [1.54, 1.807) is 24.0 Å². The number of methoxy groups -OCH3 is 2. The molecule has 7 nitrogen and oxygen atoms in total. The van der Waals surface area contributed by atoms with E-state index in [4.69, 9.17) is 9.47 Å². The molecule has 0 unspecified atom stereocenters. The number of hydrogen-bond acceptors (Lipinski definition) is 5. The molecule has 0 saturated carbocycles. The lowest BCUT2D eigenvalue weighted by Crippen LogP contribution is -2.39. The van der Waals surface area contributed by atoms with Crippen LogP contribution in [0.4, 0.5) is 5.69 Å². The van der Waals surface area contributed by atoms with Crippen LogP contribution in [0.5, 0.6) is 11.5 Å². The average molecular weight is 384 g/mol. The molecule has 0 bridgehead atoms. The topological polar surface area (TPSA) is 76.2 Å². The highest BCUT2D eigenvalue weighted by atomic mass is 32.2. The average Bonchev–Trinajstić information content (AvgIpc) is 2.60. The van der Waals surface area contributed by atoms with Crippen LogP contribution in [-0.2, 0) is 10.0 Å². The molecule has 0 aromatic heterocycles. The summed E-state index contributed by atoms with van der Waals surface area (Å²) in [6.45, 7) is 5.45. The van der Waals surface area contributed by atoms with E-state index in [1.165, 1.54) is 18.5 Å². The highest BCUT2D eigenvalue weighted by molar-refractivity contribution is 7.92. The van der Waals surface area contributed by atoms with Crippen molar-refractivity contribution in [1.82, 2.24) is 4.90 Å². The smallest absolute Gasteiger partial charge is 0.256 e. The first-order valence-corrected chi connectivity index (χ1v) is 10.6. The Morgan fingerprint density at radius 3 is 2.19 bits per heavy atom. The van der Waals surface area contributed by atoms with Crippen molar-refractivity contribution in [2.45, 2.75) is 26.7 Å². The molecule has 1 aliphatic heterocycles. The second kappa shape index (κ2) is 8.16. The highest BCUT2D eigenvalue weighted by Gasteiger charge is 2.29. The zero-order valence-electron chi connectivity index (χ0n) is 16.1. The Balaban J connectivity index is 2.56. The van der Waals surface area contributed by atoms with Crippen molar-refractivity contribution < 1.29 is 22.7 Å². The van der Waals surface area contributed by atoms with Crippen molar-refractivity contribution in [2.75, 3.05) is 44.4 Å². The van der Waals surface area contributed by atoms with Crippen LogP contribution in [0.3, 0.4) is 0 Å². The molecule has 1 amide bonds. The molecular formula is C18H28N2O5S. The summed E-state index contributed by atoms with van der Waals surface area (Å²) >= 11 is 0. The molecule has 2 rings (SSSR count). The Morgan fingerprint density at radius 2 is 1.73 bits per heavy atom. The predicted molar refractivity (Wildman–Crippen MR) is 102 cm³/mol. The van der Waals surface area contributed by atoms with Crippen LogP contribution in [0.2, 0.25) is 0 Å². The second-order valence-electron chi connectivity index (χ2n) is 6.63. The Labute approximate surface area is 155 Å². The molecule has 26 heavy (non-hydrogen) atoms. The fraction of sp³-hybridized carbons (Fsp3) is 0.611. The van der Waals surface area contributed by atoms with E-state index in [0.29, 0.717) is 41.8 Å². The minimum absolute atomic E-state index is 0.185. The molecule has 0 N–H and O–H groups in total. The lowest BCUT2D eigenvalue weighted by Gasteiger charge is -2.32. The zero-order chi connectivity index (χ0) is 19.5. The van der Waals surface area contributed by atoms with Gasteiger partial charge in [-0.15, -0.1) is 0 Å². The maximum Gasteiger partial charge on any atom is 0.256 e. The molecule has 8 heteroatoms. The molecule has 1 fully saturated rings. The largest absolute Gasteiger partial charge is 0.493 e. The summed E-state index contributed by atoms with van der Waals surface area (Å²) in [5.41, 5.74) is 0.626. The van der Waals surface area contributed by atoms with Gasteiger partial charge in [-0.1, -0.05) is 6.92 Å². The number of likely N-dealkylation sites (tertiary alicyclic amines) is 1. The van der Waals surface area contributed by atoms with Gasteiger partial charge in [-0.25, -0.2) is 8.42 Å². The van der Waals surface area contributed by atoms with Crippen LogP contribution in [0.1, 0.15) is 37.0 Å². The molecule has 146 valence electrons. The molecule has 0 spiro atoms. The summed E-state index contributed by atoms with van der Waals surface area (Å²) in [6.07, 6.45) is 3.01. The maximum atomic E-state index is 13.2. The number of anilines is 1. The third-order valence-corrected chi connectivity index (χ3v) is 6.01. The zero-order valence-corrected chi connectivity index (χ0v) is 16.9. The van der Waals surface area contributed by atoms with Gasteiger partial charge in [-0.3, -0.25) is 9.10 Å². The molecule has 0 aliphatic carbocycles. The number of nitrogens with zero attached hydrogens (tertiary/aromatic N) is 2. The number of piperidine rings is 1. The van der Waals surface area contributed by atoms with Crippen molar-refractivity contribution in [3.8, 4) is 11.5 Å². The van der Waals surface area contributed by atoms with Gasteiger partial charge in [-0.05, 0) is 31.7 Å². The number of ether oxygens (including phenoxy) is 2. The minimum atomic E-state index is -3.54. The number of rotatable bonds is 6. The first kappa shape index (κ1) is 20.4. The number of benzene rings is 1. The van der Waals surface area contributed by atoms with E-state index >= 15 is 0 Å². The van der Waals surface area contributed by atoms with Crippen molar-refractivity contribution in [2.24, 2.45) is 5.92 Å². The van der Waals surface area contributed by atoms with E-state index in [1.807, 2.05) is 0 Å². The molecular weight excluding hydrogens is 356 g/mol. The number of carbonyl (C=O) groups is 1. The van der Waals surface area contributed by atoms with Crippen LogP contribution in [-0.4, -0.2) is 59.3 Å². The van der Waals surface area contributed by atoms with Gasteiger partial charge in [0.25, 0.3) is 5.91 Å². The van der Waals surface area contributed by atoms with E-state index < -0.39 is 10.0 Å². The van der Waals surface area contributed by atoms with E-state index in [-0.39, 0.29) is 12.5 Å². The third kappa shape index (κ3) is 4.23. The maximum absolute atomic E-state index is 13.2. The Kier molecular flexibility index (Phi) is 6.39. The van der Waals surface area contributed by atoms with Crippen molar-refractivity contribution in [3.63, 3.8) is 0 Å². The van der Waals surface area contributed by atoms with Crippen LogP contribution >= 0.6 is 0 Å². The van der Waals surface area contributed by atoms with Gasteiger partial charge in [0.2, 0.25) is 10.0 Å². The van der Waals surface area contributed by atoms with Gasteiger partial charge < -0.3 is 14.4 Å². The summed E-state index contributed by atoms with van der Waals surface area (Å²) in [7, 11) is -0.575. The summed E-state index contributed by atoms with van der Waals surface area (Å²) in [6, 6.07) is 3.13. The standard InChI is InChI=1S/C18H28N2O5S/c1-6-20(26(5,22)23)15-12-17(25-4)16(24-3)11-14(15)18(21)19-9-7-13(2)8-10-19/h11-13H,6-10H2,1-5H3. The summed E-state index contributed by atoms with van der Waals surface area (Å²) in [4.78, 5) is 14.9. The van der Waals surface area contributed by atoms with E-state index in [0.717, 1.165) is 19.1 Å². The minimum Gasteiger partial charge on any atom is -0.493 e. The van der Waals surface area contributed by atoms with Crippen LogP contribution in [0.25, 0.3) is 0 Å². The van der Waals surface area contributed by atoms with E-state index in [9.17, 15) is 13.2 Å². The number of carbonyl (C=O) groups excluding carboxylic acids is 1. The van der Waals surface area contributed by atoms with Gasteiger partial charge in [0.05, 0.1) is 31.7 Å². The van der Waals surface area contributed by atoms with Gasteiger partial charge in [0, 0.05) is 25.7 Å². The summed E-state index contributed by atoms with van der Waals surface area (Å²) < 4.78 is 36.3. The monoisotopic (exact) mass is 384 g/mol. The van der Waals surface area contributed by atoms with Crippen molar-refractivity contribution >= 4 is 21.6 Å². The lowest BCUT2D eigenvalue weighted by molar-refractivity contribution is 0.0697. The normalized spacial score (nSPS) is 15.7. The second-order valence-corrected chi connectivity index (χ2v) is 8.53. The fourth-order valence-electron chi connectivity index (χ4n) is 3.21. The van der Waals surface area contributed by atoms with Gasteiger partial charge >= 0.3 is 0 Å². The summed E-state index contributed by atoms with van der Waals surface area (Å²) in [5, 5.41) is 0. The lowest BCUT2D eigenvalue weighted by atomic mass is 9.98. The summed E-state index contributed by atoms with van der Waals surface area (Å²) in [5.74, 6) is 1.19. The SMILES string of the molecule is CCN(c1cc(OC)c(OC)cc1C(=O)N1CCC(C)CC1)S(C)(=O)=O. The first-order valence-electron chi connectivity index (χ1n) is 8.75. The predicted octanol–water partition coefficient (Wildman–Crippen LogP) is 2.36. The molecule has 1 saturated heterocycles. The molecule has 1 aromatic carbocycles. The number of amides is 1. The quantitative estimate of drug-likeness (QED) is 0.753. The van der Waals surface area contributed by atoms with Gasteiger partial charge in [0.15, 0.2) is 11.5 Å². The Morgan fingerprint density at radius 1 is 1.19 bits per heavy atom. The Hall–Kier alpha value is -1.96. The van der Waals surface area contributed by atoms with Gasteiger partial charge in [-0.2, -0.15) is 0 Å². The number of sulfonamides is 1. The molecule has 1 aliphatic rings. The van der Waals surface area contributed by atoms with Crippen molar-refractivity contribution in [3.05, 3.63) is 17.7 Å². The molecule has 0 radical (unpaired) electrons. The van der Waals surface area contributed by atoms with Gasteiger partial charge in [0.1, 0.15) is 0 Å². The molecule has 1 aromatic rings. The number of hydrogen-bond donors (Lipinski definition) is 0. The van der Waals surface area contributed by atoms with Crippen molar-refractivity contribution in [1.29, 1.82) is 0 Å². The highest BCUT2D eigenvalue weighted by Crippen LogP contribution is 2.37.